The summed E-state index contributed by atoms with van der Waals surface area (Å²) in [5, 5.41) is 13.2. The van der Waals surface area contributed by atoms with E-state index in [1.54, 1.807) is 0 Å². The summed E-state index contributed by atoms with van der Waals surface area (Å²) in [7, 11) is 0. The third-order valence-corrected chi connectivity index (χ3v) is 5.08. The first kappa shape index (κ1) is 17.0. The molecule has 22 heavy (non-hydrogen) atoms. The monoisotopic (exact) mass is 304 g/mol. The van der Waals surface area contributed by atoms with E-state index in [4.69, 9.17) is 5.73 Å². The summed E-state index contributed by atoms with van der Waals surface area (Å²) in [5.74, 6) is -0.345. The van der Waals surface area contributed by atoms with Gasteiger partial charge in [0.25, 0.3) is 0 Å². The summed E-state index contributed by atoms with van der Waals surface area (Å²) < 4.78 is 0. The van der Waals surface area contributed by atoms with Gasteiger partial charge >= 0.3 is 0 Å². The standard InChI is InChI=1S/C18H28N2O2/c1-13(16(19)14-8-4-3-5-9-14)17(22)20-12-18(2)11-7-6-10-15(18)21/h3-5,8-9,13,15-16,21H,6-7,10-12,19H2,1-2H3,(H,20,22). The molecule has 0 spiro atoms. The van der Waals surface area contributed by atoms with Crippen LogP contribution < -0.4 is 11.1 Å². The highest BCUT2D eigenvalue weighted by atomic mass is 16.3. The van der Waals surface area contributed by atoms with Gasteiger partial charge < -0.3 is 16.2 Å². The lowest BCUT2D eigenvalue weighted by atomic mass is 9.73. The van der Waals surface area contributed by atoms with Gasteiger partial charge in [-0.05, 0) is 18.4 Å². The molecule has 0 heterocycles. The van der Waals surface area contributed by atoms with E-state index in [1.807, 2.05) is 37.3 Å². The van der Waals surface area contributed by atoms with Gasteiger partial charge in [0.05, 0.1) is 12.0 Å². The van der Waals surface area contributed by atoms with Gasteiger partial charge in [-0.2, -0.15) is 0 Å². The maximum Gasteiger partial charge on any atom is 0.224 e. The Morgan fingerprint density at radius 1 is 1.41 bits per heavy atom. The number of nitrogens with one attached hydrogen (secondary N) is 1. The first-order valence-electron chi connectivity index (χ1n) is 8.20. The normalized spacial score (nSPS) is 27.9. The van der Waals surface area contributed by atoms with Gasteiger partial charge in [-0.1, -0.05) is 57.0 Å². The van der Waals surface area contributed by atoms with E-state index >= 15 is 0 Å². The number of hydrogen-bond donors (Lipinski definition) is 3. The average Bonchev–Trinajstić information content (AvgIpc) is 2.55. The van der Waals surface area contributed by atoms with Crippen molar-refractivity contribution in [1.29, 1.82) is 0 Å². The Hall–Kier alpha value is -1.39. The van der Waals surface area contributed by atoms with Crippen molar-refractivity contribution < 1.29 is 9.90 Å². The zero-order valence-corrected chi connectivity index (χ0v) is 13.6. The topological polar surface area (TPSA) is 75.3 Å². The van der Waals surface area contributed by atoms with Crippen molar-refractivity contribution in [1.82, 2.24) is 5.32 Å². The van der Waals surface area contributed by atoms with Crippen LogP contribution in [0.2, 0.25) is 0 Å². The Labute approximate surface area is 133 Å². The van der Waals surface area contributed by atoms with Crippen molar-refractivity contribution >= 4 is 5.91 Å². The van der Waals surface area contributed by atoms with Crippen molar-refractivity contribution in [3.8, 4) is 0 Å². The summed E-state index contributed by atoms with van der Waals surface area (Å²) in [4.78, 5) is 12.4. The van der Waals surface area contributed by atoms with Crippen LogP contribution in [-0.4, -0.2) is 23.7 Å². The molecule has 4 atom stereocenters. The smallest absolute Gasteiger partial charge is 0.224 e. The van der Waals surface area contributed by atoms with Crippen molar-refractivity contribution in [2.75, 3.05) is 6.54 Å². The van der Waals surface area contributed by atoms with Crippen LogP contribution in [0.25, 0.3) is 0 Å². The molecule has 1 saturated carbocycles. The van der Waals surface area contributed by atoms with Gasteiger partial charge in [0, 0.05) is 18.0 Å². The zero-order chi connectivity index (χ0) is 16.2. The van der Waals surface area contributed by atoms with Gasteiger partial charge in [-0.15, -0.1) is 0 Å². The average molecular weight is 304 g/mol. The Bertz CT molecular complexity index is 491. The van der Waals surface area contributed by atoms with Crippen LogP contribution in [0.5, 0.6) is 0 Å². The Kier molecular flexibility index (Phi) is 5.59. The number of amides is 1. The molecule has 4 heteroatoms. The second-order valence-electron chi connectivity index (χ2n) is 6.86. The summed E-state index contributed by atoms with van der Waals surface area (Å²) >= 11 is 0. The number of nitrogens with two attached hydrogens (primary N) is 1. The third-order valence-electron chi connectivity index (χ3n) is 5.08. The molecule has 1 aliphatic carbocycles. The molecule has 0 radical (unpaired) electrons. The number of aliphatic hydroxyl groups is 1. The zero-order valence-electron chi connectivity index (χ0n) is 13.6. The fraction of sp³-hybridized carbons (Fsp3) is 0.611. The van der Waals surface area contributed by atoms with Gasteiger partial charge in [-0.3, -0.25) is 4.79 Å². The molecular weight excluding hydrogens is 276 g/mol. The van der Waals surface area contributed by atoms with Gasteiger partial charge in [0.15, 0.2) is 0 Å². The van der Waals surface area contributed by atoms with Crippen LogP contribution in [-0.2, 0) is 4.79 Å². The summed E-state index contributed by atoms with van der Waals surface area (Å²) in [6.07, 6.45) is 3.63. The van der Waals surface area contributed by atoms with E-state index in [1.165, 1.54) is 0 Å². The van der Waals surface area contributed by atoms with Crippen LogP contribution in [0.15, 0.2) is 30.3 Å². The minimum absolute atomic E-state index is 0.0460. The van der Waals surface area contributed by atoms with Crippen LogP contribution in [0.3, 0.4) is 0 Å². The summed E-state index contributed by atoms with van der Waals surface area (Å²) in [6.45, 7) is 4.42. The Morgan fingerprint density at radius 3 is 2.73 bits per heavy atom. The molecule has 4 N–H and O–H groups in total. The molecule has 4 unspecified atom stereocenters. The van der Waals surface area contributed by atoms with E-state index in [0.29, 0.717) is 6.54 Å². The minimum atomic E-state index is -0.334. The molecular formula is C18H28N2O2. The van der Waals surface area contributed by atoms with E-state index < -0.39 is 0 Å². The van der Waals surface area contributed by atoms with E-state index in [0.717, 1.165) is 31.2 Å². The predicted octanol–water partition coefficient (Wildman–Crippen LogP) is 2.38. The lowest BCUT2D eigenvalue weighted by Crippen LogP contribution is -2.47. The number of hydrogen-bond acceptors (Lipinski definition) is 3. The molecule has 0 aromatic heterocycles. The summed E-state index contributed by atoms with van der Waals surface area (Å²) in [6, 6.07) is 9.37. The second-order valence-corrected chi connectivity index (χ2v) is 6.86. The number of benzene rings is 1. The van der Waals surface area contributed by atoms with E-state index in [-0.39, 0.29) is 29.4 Å². The molecule has 2 rings (SSSR count). The summed E-state index contributed by atoms with van der Waals surface area (Å²) in [5.41, 5.74) is 6.95. The van der Waals surface area contributed by atoms with Gasteiger partial charge in [-0.25, -0.2) is 0 Å². The second kappa shape index (κ2) is 7.25. The van der Waals surface area contributed by atoms with Crippen molar-refractivity contribution in [3.63, 3.8) is 0 Å². The van der Waals surface area contributed by atoms with Crippen LogP contribution in [0.1, 0.15) is 51.1 Å². The molecule has 0 bridgehead atoms. The van der Waals surface area contributed by atoms with Crippen molar-refractivity contribution in [2.24, 2.45) is 17.1 Å². The Morgan fingerprint density at radius 2 is 2.09 bits per heavy atom. The van der Waals surface area contributed by atoms with Crippen LogP contribution in [0.4, 0.5) is 0 Å². The molecule has 4 nitrogen and oxygen atoms in total. The number of carbonyl (C=O) groups excluding carboxylic acids is 1. The number of carbonyl (C=O) groups is 1. The maximum atomic E-state index is 12.4. The van der Waals surface area contributed by atoms with Crippen LogP contribution >= 0.6 is 0 Å². The minimum Gasteiger partial charge on any atom is -0.392 e. The molecule has 1 fully saturated rings. The van der Waals surface area contributed by atoms with E-state index in [2.05, 4.69) is 12.2 Å². The molecule has 0 aliphatic heterocycles. The lowest BCUT2D eigenvalue weighted by molar-refractivity contribution is -0.126. The van der Waals surface area contributed by atoms with Crippen LogP contribution in [0, 0.1) is 11.3 Å². The van der Waals surface area contributed by atoms with Crippen molar-refractivity contribution in [3.05, 3.63) is 35.9 Å². The first-order chi connectivity index (χ1) is 10.4. The number of aliphatic hydroxyl groups excluding tert-OH is 1. The van der Waals surface area contributed by atoms with Gasteiger partial charge in [0.2, 0.25) is 5.91 Å². The van der Waals surface area contributed by atoms with Crippen molar-refractivity contribution in [2.45, 2.75) is 51.7 Å². The predicted molar refractivity (Wildman–Crippen MR) is 88.1 cm³/mol. The molecule has 1 amide bonds. The SMILES string of the molecule is CC(C(=O)NCC1(C)CCCCC1O)C(N)c1ccccc1. The van der Waals surface area contributed by atoms with Gasteiger partial charge in [0.1, 0.15) is 0 Å². The first-order valence-corrected chi connectivity index (χ1v) is 8.20. The molecule has 1 aliphatic rings. The Balaban J connectivity index is 1.91. The molecule has 122 valence electrons. The maximum absolute atomic E-state index is 12.4. The molecule has 1 aromatic rings. The molecule has 0 saturated heterocycles. The fourth-order valence-electron chi connectivity index (χ4n) is 3.16. The quantitative estimate of drug-likeness (QED) is 0.782. The highest BCUT2D eigenvalue weighted by molar-refractivity contribution is 5.79. The highest BCUT2D eigenvalue weighted by Gasteiger charge is 2.36. The number of rotatable bonds is 5. The highest BCUT2D eigenvalue weighted by Crippen LogP contribution is 2.35. The van der Waals surface area contributed by atoms with E-state index in [9.17, 15) is 9.90 Å². The fourth-order valence-corrected chi connectivity index (χ4v) is 3.16. The third kappa shape index (κ3) is 3.87. The lowest BCUT2D eigenvalue weighted by Gasteiger charge is -2.38. The molecule has 1 aromatic carbocycles. The largest absolute Gasteiger partial charge is 0.392 e.